The molecule has 0 heterocycles. The second-order valence-corrected chi connectivity index (χ2v) is 10.9. The highest BCUT2D eigenvalue weighted by molar-refractivity contribution is 7.92. The number of anilines is 1. The minimum atomic E-state index is -4.18. The Balaban J connectivity index is 2.08. The maximum absolute atomic E-state index is 14.0. The summed E-state index contributed by atoms with van der Waals surface area (Å²) in [6, 6.07) is 21.1. The SMILES string of the molecule is CCCNC(=O)C(CC)N(Cc1ccccc1)C(=O)CN(c1ccc(OC)c(OC)c1)S(=O)(=O)c1ccccc1. The number of carbonyl (C=O) groups excluding carboxylic acids is 2. The first-order chi connectivity index (χ1) is 19.3. The van der Waals surface area contributed by atoms with Gasteiger partial charge in [0, 0.05) is 19.2 Å². The van der Waals surface area contributed by atoms with Crippen LogP contribution in [0, 0.1) is 0 Å². The zero-order chi connectivity index (χ0) is 29.1. The van der Waals surface area contributed by atoms with Crippen molar-refractivity contribution in [3.05, 3.63) is 84.4 Å². The van der Waals surface area contributed by atoms with Crippen LogP contribution in [-0.2, 0) is 26.2 Å². The van der Waals surface area contributed by atoms with Gasteiger partial charge >= 0.3 is 0 Å². The number of ether oxygens (including phenoxy) is 2. The third-order valence-electron chi connectivity index (χ3n) is 6.40. The number of hydrogen-bond acceptors (Lipinski definition) is 6. The molecule has 0 bridgehead atoms. The van der Waals surface area contributed by atoms with Gasteiger partial charge in [-0.1, -0.05) is 62.4 Å². The molecule has 10 heteroatoms. The van der Waals surface area contributed by atoms with Crippen LogP contribution in [0.3, 0.4) is 0 Å². The molecule has 2 amide bonds. The standard InChI is InChI=1S/C30H37N3O6S/c1-5-19-31-30(35)26(6-2)32(21-23-13-9-7-10-14-23)29(34)22-33(40(36,37)25-15-11-8-12-16-25)24-17-18-27(38-3)28(20-24)39-4/h7-18,20,26H,5-6,19,21-22H2,1-4H3,(H,31,35). The lowest BCUT2D eigenvalue weighted by Crippen LogP contribution is -2.52. The van der Waals surface area contributed by atoms with Crippen LogP contribution in [0.5, 0.6) is 11.5 Å². The molecule has 0 aliphatic carbocycles. The van der Waals surface area contributed by atoms with E-state index in [1.165, 1.54) is 37.3 Å². The summed E-state index contributed by atoms with van der Waals surface area (Å²) in [5.74, 6) is -0.0694. The molecule has 0 saturated carbocycles. The summed E-state index contributed by atoms with van der Waals surface area (Å²) in [5, 5.41) is 2.88. The fourth-order valence-corrected chi connectivity index (χ4v) is 5.72. The highest BCUT2D eigenvalue weighted by Crippen LogP contribution is 2.34. The Morgan fingerprint density at radius 2 is 1.50 bits per heavy atom. The molecule has 0 aliphatic heterocycles. The minimum absolute atomic E-state index is 0.0277. The number of amides is 2. The van der Waals surface area contributed by atoms with Crippen LogP contribution in [0.25, 0.3) is 0 Å². The largest absolute Gasteiger partial charge is 0.493 e. The van der Waals surface area contributed by atoms with Gasteiger partial charge in [-0.2, -0.15) is 0 Å². The van der Waals surface area contributed by atoms with E-state index in [2.05, 4.69) is 5.32 Å². The molecule has 1 unspecified atom stereocenters. The van der Waals surface area contributed by atoms with Crippen molar-refractivity contribution in [1.29, 1.82) is 0 Å². The predicted octanol–water partition coefficient (Wildman–Crippen LogP) is 4.23. The normalized spacial score (nSPS) is 11.8. The number of carbonyl (C=O) groups is 2. The molecule has 40 heavy (non-hydrogen) atoms. The Morgan fingerprint density at radius 3 is 2.08 bits per heavy atom. The predicted molar refractivity (Wildman–Crippen MR) is 155 cm³/mol. The van der Waals surface area contributed by atoms with Crippen LogP contribution in [0.1, 0.15) is 32.3 Å². The Hall–Kier alpha value is -4.05. The van der Waals surface area contributed by atoms with Gasteiger partial charge in [0.1, 0.15) is 12.6 Å². The first-order valence-electron chi connectivity index (χ1n) is 13.2. The number of nitrogens with one attached hydrogen (secondary N) is 1. The van der Waals surface area contributed by atoms with Crippen molar-refractivity contribution in [2.45, 2.75) is 44.2 Å². The number of nitrogens with zero attached hydrogens (tertiary/aromatic N) is 2. The average Bonchev–Trinajstić information content (AvgIpc) is 2.99. The Bertz CT molecular complexity index is 1370. The van der Waals surface area contributed by atoms with Crippen molar-refractivity contribution in [2.24, 2.45) is 0 Å². The van der Waals surface area contributed by atoms with E-state index < -0.39 is 28.5 Å². The molecular formula is C30H37N3O6S. The van der Waals surface area contributed by atoms with E-state index in [0.29, 0.717) is 24.5 Å². The van der Waals surface area contributed by atoms with E-state index >= 15 is 0 Å². The summed E-state index contributed by atoms with van der Waals surface area (Å²) in [7, 11) is -1.25. The highest BCUT2D eigenvalue weighted by atomic mass is 32.2. The van der Waals surface area contributed by atoms with Gasteiger partial charge in [-0.3, -0.25) is 13.9 Å². The molecule has 0 aromatic heterocycles. The van der Waals surface area contributed by atoms with Crippen molar-refractivity contribution in [2.75, 3.05) is 31.6 Å². The molecule has 3 rings (SSSR count). The molecule has 9 nitrogen and oxygen atoms in total. The van der Waals surface area contributed by atoms with Gasteiger partial charge in [0.25, 0.3) is 10.0 Å². The van der Waals surface area contributed by atoms with Crippen molar-refractivity contribution >= 4 is 27.5 Å². The van der Waals surface area contributed by atoms with Gasteiger partial charge in [0.15, 0.2) is 11.5 Å². The van der Waals surface area contributed by atoms with Gasteiger partial charge in [0.2, 0.25) is 11.8 Å². The van der Waals surface area contributed by atoms with E-state index in [4.69, 9.17) is 9.47 Å². The van der Waals surface area contributed by atoms with Crippen LogP contribution < -0.4 is 19.1 Å². The molecule has 0 spiro atoms. The summed E-state index contributed by atoms with van der Waals surface area (Å²) < 4.78 is 39.6. The molecule has 0 aliphatic rings. The monoisotopic (exact) mass is 567 g/mol. The highest BCUT2D eigenvalue weighted by Gasteiger charge is 2.34. The van der Waals surface area contributed by atoms with E-state index in [0.717, 1.165) is 16.3 Å². The van der Waals surface area contributed by atoms with Gasteiger partial charge in [-0.15, -0.1) is 0 Å². The zero-order valence-corrected chi connectivity index (χ0v) is 24.2. The fourth-order valence-electron chi connectivity index (χ4n) is 4.29. The van der Waals surface area contributed by atoms with Gasteiger partial charge in [0.05, 0.1) is 24.8 Å². The molecular weight excluding hydrogens is 530 g/mol. The molecule has 1 N–H and O–H groups in total. The third kappa shape index (κ3) is 7.32. The molecule has 3 aromatic rings. The molecule has 0 radical (unpaired) electrons. The Kier molecular flexibility index (Phi) is 11.0. The second-order valence-electron chi connectivity index (χ2n) is 9.09. The lowest BCUT2D eigenvalue weighted by Gasteiger charge is -2.33. The summed E-state index contributed by atoms with van der Waals surface area (Å²) in [5.41, 5.74) is 1.04. The number of methoxy groups -OCH3 is 2. The lowest BCUT2D eigenvalue weighted by molar-refractivity contribution is -0.140. The number of sulfonamides is 1. The molecule has 1 atom stereocenters. The first-order valence-corrected chi connectivity index (χ1v) is 14.6. The van der Waals surface area contributed by atoms with Crippen molar-refractivity contribution in [1.82, 2.24) is 10.2 Å². The Labute approximate surface area is 236 Å². The molecule has 214 valence electrons. The third-order valence-corrected chi connectivity index (χ3v) is 8.18. The van der Waals surface area contributed by atoms with Crippen molar-refractivity contribution in [3.8, 4) is 11.5 Å². The van der Waals surface area contributed by atoms with Gasteiger partial charge in [-0.05, 0) is 42.7 Å². The summed E-state index contributed by atoms with van der Waals surface area (Å²) >= 11 is 0. The topological polar surface area (TPSA) is 105 Å². The summed E-state index contributed by atoms with van der Waals surface area (Å²) in [6.07, 6.45) is 1.10. The fraction of sp³-hybridized carbons (Fsp3) is 0.333. The number of hydrogen-bond donors (Lipinski definition) is 1. The van der Waals surface area contributed by atoms with Crippen molar-refractivity contribution in [3.63, 3.8) is 0 Å². The first kappa shape index (κ1) is 30.5. The maximum atomic E-state index is 14.0. The molecule has 3 aromatic carbocycles. The van der Waals surface area contributed by atoms with Gasteiger partial charge in [-0.25, -0.2) is 8.42 Å². The zero-order valence-electron chi connectivity index (χ0n) is 23.4. The van der Waals surface area contributed by atoms with Crippen LogP contribution in [0.4, 0.5) is 5.69 Å². The summed E-state index contributed by atoms with van der Waals surface area (Å²) in [6.45, 7) is 3.86. The lowest BCUT2D eigenvalue weighted by atomic mass is 10.1. The second kappa shape index (κ2) is 14.4. The Morgan fingerprint density at radius 1 is 0.875 bits per heavy atom. The van der Waals surface area contributed by atoms with Crippen molar-refractivity contribution < 1.29 is 27.5 Å². The van der Waals surface area contributed by atoms with Crippen LogP contribution >= 0.6 is 0 Å². The number of rotatable bonds is 14. The smallest absolute Gasteiger partial charge is 0.264 e. The van der Waals surface area contributed by atoms with E-state index in [-0.39, 0.29) is 23.0 Å². The van der Waals surface area contributed by atoms with E-state index in [1.54, 1.807) is 30.3 Å². The van der Waals surface area contributed by atoms with Gasteiger partial charge < -0.3 is 19.7 Å². The van der Waals surface area contributed by atoms with Crippen LogP contribution in [-0.4, -0.2) is 58.5 Å². The van der Waals surface area contributed by atoms with Crippen LogP contribution in [0.15, 0.2) is 83.8 Å². The van der Waals surface area contributed by atoms with Crippen LogP contribution in [0.2, 0.25) is 0 Å². The average molecular weight is 568 g/mol. The van der Waals surface area contributed by atoms with E-state index in [9.17, 15) is 18.0 Å². The minimum Gasteiger partial charge on any atom is -0.493 e. The maximum Gasteiger partial charge on any atom is 0.264 e. The summed E-state index contributed by atoms with van der Waals surface area (Å²) in [4.78, 5) is 28.7. The molecule has 0 saturated heterocycles. The number of benzene rings is 3. The van der Waals surface area contributed by atoms with E-state index in [1.807, 2.05) is 44.2 Å². The quantitative estimate of drug-likeness (QED) is 0.313. The molecule has 0 fully saturated rings.